The van der Waals surface area contributed by atoms with E-state index in [1.54, 1.807) is 12.1 Å². The molecule has 0 aliphatic carbocycles. The van der Waals surface area contributed by atoms with Crippen LogP contribution >= 0.6 is 0 Å². The van der Waals surface area contributed by atoms with E-state index >= 15 is 0 Å². The second kappa shape index (κ2) is 6.29. The van der Waals surface area contributed by atoms with Crippen LogP contribution in [0.4, 0.5) is 0 Å². The van der Waals surface area contributed by atoms with Crippen molar-refractivity contribution in [2.75, 3.05) is 13.1 Å². The van der Waals surface area contributed by atoms with Crippen LogP contribution in [0, 0.1) is 0 Å². The third kappa shape index (κ3) is 3.99. The van der Waals surface area contributed by atoms with E-state index in [-0.39, 0.29) is 16.8 Å². The molecule has 0 aromatic heterocycles. The second-order valence-corrected chi connectivity index (χ2v) is 5.99. The Morgan fingerprint density at radius 3 is 2.60 bits per heavy atom. The number of nitrogens with two attached hydrogens (primary N) is 1. The maximum absolute atomic E-state index is 11.7. The maximum Gasteiger partial charge on any atom is 0.239 e. The third-order valence-electron chi connectivity index (χ3n) is 2.92. The minimum atomic E-state index is -3.66. The van der Waals surface area contributed by atoms with Gasteiger partial charge in [-0.3, -0.25) is 4.79 Å². The summed E-state index contributed by atoms with van der Waals surface area (Å²) in [6.45, 7) is 1.00. The van der Waals surface area contributed by atoms with E-state index in [2.05, 4.69) is 21.7 Å². The van der Waals surface area contributed by atoms with Crippen molar-refractivity contribution < 1.29 is 13.2 Å². The molecule has 1 atom stereocenters. The van der Waals surface area contributed by atoms with Gasteiger partial charge in [0.1, 0.15) is 6.04 Å². The molecule has 1 aromatic carbocycles. The van der Waals surface area contributed by atoms with Gasteiger partial charge in [-0.2, -0.15) is 5.53 Å². The zero-order chi connectivity index (χ0) is 14.6. The summed E-state index contributed by atoms with van der Waals surface area (Å²) in [6.07, 6.45) is 0.615. The Balaban J connectivity index is 1.81. The van der Waals surface area contributed by atoms with Crippen LogP contribution in [0.25, 0.3) is 0 Å². The highest BCUT2D eigenvalue weighted by Gasteiger charge is 2.20. The van der Waals surface area contributed by atoms with Crippen LogP contribution in [-0.2, 0) is 21.2 Å². The fraction of sp³-hybridized carbons (Fsp3) is 0.364. The van der Waals surface area contributed by atoms with Crippen LogP contribution in [0.1, 0.15) is 5.56 Å². The number of benzene rings is 1. The van der Waals surface area contributed by atoms with Crippen molar-refractivity contribution >= 4 is 15.9 Å². The number of primary sulfonamides is 1. The van der Waals surface area contributed by atoms with Gasteiger partial charge in [0.05, 0.1) is 4.90 Å². The number of rotatable bonds is 5. The lowest BCUT2D eigenvalue weighted by Crippen LogP contribution is -2.44. The Bertz CT molecular complexity index is 566. The summed E-state index contributed by atoms with van der Waals surface area (Å²) in [4.78, 5) is 11.8. The number of carbonyl (C=O) groups excluding carboxylic acids is 1. The van der Waals surface area contributed by atoms with Gasteiger partial charge in [0.2, 0.25) is 15.9 Å². The number of sulfonamides is 1. The Morgan fingerprint density at radius 2 is 2.05 bits per heavy atom. The van der Waals surface area contributed by atoms with Crippen LogP contribution < -0.4 is 26.8 Å². The molecule has 1 aliphatic heterocycles. The third-order valence-corrected chi connectivity index (χ3v) is 3.85. The molecule has 1 unspecified atom stereocenters. The van der Waals surface area contributed by atoms with Gasteiger partial charge in [-0.1, -0.05) is 12.1 Å². The smallest absolute Gasteiger partial charge is 0.239 e. The van der Waals surface area contributed by atoms with Gasteiger partial charge in [0.15, 0.2) is 0 Å². The second-order valence-electron chi connectivity index (χ2n) is 4.43. The average molecular weight is 299 g/mol. The number of hydrazine groups is 2. The summed E-state index contributed by atoms with van der Waals surface area (Å²) in [5.74, 6) is -0.0938. The van der Waals surface area contributed by atoms with Crippen LogP contribution in [0.5, 0.6) is 0 Å². The van der Waals surface area contributed by atoms with E-state index in [0.29, 0.717) is 19.5 Å². The van der Waals surface area contributed by atoms with Crippen LogP contribution in [0.3, 0.4) is 0 Å². The van der Waals surface area contributed by atoms with E-state index < -0.39 is 10.0 Å². The standard InChI is InChI=1S/C11H17N5O3S/c12-20(18,19)9-3-1-8(2-4-9)5-6-13-11(17)10-7-14-16-15-10/h1-4,10,14-16H,5-7H2,(H,13,17)(H2,12,18,19). The molecular formula is C11H17N5O3S. The summed E-state index contributed by atoms with van der Waals surface area (Å²) >= 11 is 0. The van der Waals surface area contributed by atoms with Crippen molar-refractivity contribution in [2.24, 2.45) is 5.14 Å². The summed E-state index contributed by atoms with van der Waals surface area (Å²) < 4.78 is 22.2. The average Bonchev–Trinajstić information content (AvgIpc) is 2.92. The maximum atomic E-state index is 11.7. The quantitative estimate of drug-likeness (QED) is 0.427. The van der Waals surface area contributed by atoms with Crippen LogP contribution in [-0.4, -0.2) is 33.5 Å². The lowest BCUT2D eigenvalue weighted by atomic mass is 10.1. The predicted octanol–water partition coefficient (Wildman–Crippen LogP) is -2.03. The van der Waals surface area contributed by atoms with Crippen molar-refractivity contribution in [2.45, 2.75) is 17.4 Å². The molecule has 2 rings (SSSR count). The first-order valence-electron chi connectivity index (χ1n) is 6.09. The number of amides is 1. The largest absolute Gasteiger partial charge is 0.354 e. The van der Waals surface area contributed by atoms with Crippen molar-refractivity contribution in [1.82, 2.24) is 21.7 Å². The SMILES string of the molecule is NS(=O)(=O)c1ccc(CCNC(=O)C2CNNN2)cc1. The molecule has 1 heterocycles. The first kappa shape index (κ1) is 14.9. The van der Waals surface area contributed by atoms with Gasteiger partial charge in [-0.05, 0) is 24.1 Å². The van der Waals surface area contributed by atoms with E-state index in [1.807, 2.05) is 0 Å². The molecule has 20 heavy (non-hydrogen) atoms. The van der Waals surface area contributed by atoms with Gasteiger partial charge in [0.25, 0.3) is 0 Å². The van der Waals surface area contributed by atoms with Crippen molar-refractivity contribution in [3.63, 3.8) is 0 Å². The summed E-state index contributed by atoms with van der Waals surface area (Å²) in [5.41, 5.74) is 9.14. The number of hydrogen-bond donors (Lipinski definition) is 5. The van der Waals surface area contributed by atoms with E-state index in [4.69, 9.17) is 5.14 Å². The first-order chi connectivity index (χ1) is 9.47. The zero-order valence-corrected chi connectivity index (χ0v) is 11.5. The number of carbonyl (C=O) groups is 1. The van der Waals surface area contributed by atoms with Gasteiger partial charge in [-0.15, -0.1) is 0 Å². The topological polar surface area (TPSA) is 125 Å². The molecule has 0 saturated carbocycles. The van der Waals surface area contributed by atoms with E-state index in [1.165, 1.54) is 12.1 Å². The Labute approximate surface area is 117 Å². The molecule has 0 spiro atoms. The van der Waals surface area contributed by atoms with Crippen molar-refractivity contribution in [1.29, 1.82) is 0 Å². The van der Waals surface area contributed by atoms with Gasteiger partial charge in [-0.25, -0.2) is 24.4 Å². The highest BCUT2D eigenvalue weighted by Crippen LogP contribution is 2.08. The van der Waals surface area contributed by atoms with Crippen molar-refractivity contribution in [3.05, 3.63) is 29.8 Å². The molecule has 1 aliphatic rings. The predicted molar refractivity (Wildman–Crippen MR) is 72.6 cm³/mol. The monoisotopic (exact) mass is 299 g/mol. The Kier molecular flexibility index (Phi) is 4.68. The van der Waals surface area contributed by atoms with Gasteiger partial charge in [0, 0.05) is 13.1 Å². The molecule has 6 N–H and O–H groups in total. The first-order valence-corrected chi connectivity index (χ1v) is 7.64. The van der Waals surface area contributed by atoms with Crippen LogP contribution in [0.15, 0.2) is 29.2 Å². The van der Waals surface area contributed by atoms with Crippen LogP contribution in [0.2, 0.25) is 0 Å². The summed E-state index contributed by atoms with van der Waals surface area (Å²) in [6, 6.07) is 5.99. The summed E-state index contributed by atoms with van der Waals surface area (Å²) in [7, 11) is -3.66. The molecule has 8 nitrogen and oxygen atoms in total. The fourth-order valence-electron chi connectivity index (χ4n) is 1.80. The number of hydrogen-bond acceptors (Lipinski definition) is 6. The lowest BCUT2D eigenvalue weighted by molar-refractivity contribution is -0.122. The fourth-order valence-corrected chi connectivity index (χ4v) is 2.31. The Morgan fingerprint density at radius 1 is 1.35 bits per heavy atom. The molecule has 1 amide bonds. The highest BCUT2D eigenvalue weighted by molar-refractivity contribution is 7.89. The molecule has 1 fully saturated rings. The molecule has 9 heteroatoms. The normalized spacial score (nSPS) is 18.9. The van der Waals surface area contributed by atoms with Gasteiger partial charge < -0.3 is 5.32 Å². The molecule has 110 valence electrons. The minimum Gasteiger partial charge on any atom is -0.354 e. The van der Waals surface area contributed by atoms with Gasteiger partial charge >= 0.3 is 0 Å². The van der Waals surface area contributed by atoms with Crippen molar-refractivity contribution in [3.8, 4) is 0 Å². The minimum absolute atomic E-state index is 0.0811. The molecular weight excluding hydrogens is 282 g/mol. The highest BCUT2D eigenvalue weighted by atomic mass is 32.2. The van der Waals surface area contributed by atoms with E-state index in [0.717, 1.165) is 5.56 Å². The molecule has 0 radical (unpaired) electrons. The lowest BCUT2D eigenvalue weighted by Gasteiger charge is -2.09. The Hall–Kier alpha value is -1.52. The zero-order valence-electron chi connectivity index (χ0n) is 10.7. The van der Waals surface area contributed by atoms with E-state index in [9.17, 15) is 13.2 Å². The number of nitrogens with one attached hydrogen (secondary N) is 4. The summed E-state index contributed by atoms with van der Waals surface area (Å²) in [5, 5.41) is 7.81. The molecule has 1 saturated heterocycles. The molecule has 0 bridgehead atoms. The molecule has 1 aromatic rings.